The third kappa shape index (κ3) is 5.57. The summed E-state index contributed by atoms with van der Waals surface area (Å²) in [5.74, 6) is -1.92. The number of aryl methyl sites for hydroxylation is 1. The minimum absolute atomic E-state index is 0.0203. The number of aliphatic carboxylic acids is 1. The van der Waals surface area contributed by atoms with Gasteiger partial charge in [-0.1, -0.05) is 59.8 Å². The number of aliphatic hydroxyl groups excluding tert-OH is 1. The van der Waals surface area contributed by atoms with Crippen LogP contribution in [-0.2, 0) is 18.3 Å². The van der Waals surface area contributed by atoms with Gasteiger partial charge in [0.1, 0.15) is 5.69 Å². The molecule has 2 atom stereocenters. The first-order valence-corrected chi connectivity index (χ1v) is 10.7. The average molecular weight is 460 g/mol. The van der Waals surface area contributed by atoms with Crippen LogP contribution in [0.5, 0.6) is 0 Å². The van der Waals surface area contributed by atoms with Gasteiger partial charge < -0.3 is 20.1 Å². The minimum atomic E-state index is -1.62. The number of nitrogens with zero attached hydrogens (tertiary/aromatic N) is 3. The molecule has 0 radical (unpaired) electrons. The number of nitrogens with one attached hydrogen (secondary N) is 1. The molecular formula is C25H24N4O5. The van der Waals surface area contributed by atoms with Gasteiger partial charge in [0.2, 0.25) is 5.76 Å². The number of hydrogen-bond donors (Lipinski definition) is 3. The molecule has 9 nitrogen and oxygen atoms in total. The predicted octanol–water partition coefficient (Wildman–Crippen LogP) is 2.92. The fourth-order valence-corrected chi connectivity index (χ4v) is 3.64. The summed E-state index contributed by atoms with van der Waals surface area (Å²) in [7, 11) is 1.77. The molecule has 0 aliphatic carbocycles. The van der Waals surface area contributed by atoms with Crippen LogP contribution in [0.1, 0.15) is 22.5 Å². The van der Waals surface area contributed by atoms with Crippen molar-refractivity contribution in [3.63, 3.8) is 0 Å². The Bertz CT molecular complexity index is 1260. The fraction of sp³-hybridized carbons (Fsp3) is 0.200. The van der Waals surface area contributed by atoms with Gasteiger partial charge in [0.05, 0.1) is 6.20 Å². The van der Waals surface area contributed by atoms with Gasteiger partial charge in [0.25, 0.3) is 5.91 Å². The number of carbonyl (C=O) groups is 2. The van der Waals surface area contributed by atoms with E-state index in [0.29, 0.717) is 17.7 Å². The molecule has 3 N–H and O–H groups in total. The van der Waals surface area contributed by atoms with Crippen LogP contribution in [0.3, 0.4) is 0 Å². The van der Waals surface area contributed by atoms with E-state index in [2.05, 4.69) is 15.6 Å². The summed E-state index contributed by atoms with van der Waals surface area (Å²) in [6, 6.07) is 18.5. The van der Waals surface area contributed by atoms with E-state index >= 15 is 0 Å². The Morgan fingerprint density at radius 1 is 1.06 bits per heavy atom. The van der Waals surface area contributed by atoms with Crippen molar-refractivity contribution in [2.24, 2.45) is 7.05 Å². The topological polar surface area (TPSA) is 130 Å². The lowest BCUT2D eigenvalue weighted by atomic mass is 9.97. The summed E-state index contributed by atoms with van der Waals surface area (Å²) in [6.07, 6.45) is 1.89. The second kappa shape index (κ2) is 10.1. The molecule has 0 spiro atoms. The first-order valence-electron chi connectivity index (χ1n) is 10.7. The number of hydrogen-bond acceptors (Lipinski definition) is 6. The van der Waals surface area contributed by atoms with Gasteiger partial charge in [-0.15, -0.1) is 0 Å². The quantitative estimate of drug-likeness (QED) is 0.350. The summed E-state index contributed by atoms with van der Waals surface area (Å²) in [6.45, 7) is 0. The standard InChI is InChI=1S/C25H24N4O5/c1-29-15-19(14-26-29)21-13-23(34-28-21)24(31)27-20(12-22(30)25(32)33)11-16-7-9-18(10-8-16)17-5-3-2-4-6-17/h2-10,13-15,20,22,30H,11-12H2,1H3,(H,27,31)(H,32,33)/t20-,22-/m1/s1. The van der Waals surface area contributed by atoms with Gasteiger partial charge in [0, 0.05) is 37.3 Å². The van der Waals surface area contributed by atoms with E-state index in [1.807, 2.05) is 54.6 Å². The summed E-state index contributed by atoms with van der Waals surface area (Å²) in [5, 5.41) is 29.8. The van der Waals surface area contributed by atoms with E-state index in [9.17, 15) is 14.7 Å². The van der Waals surface area contributed by atoms with Gasteiger partial charge in [-0.25, -0.2) is 4.79 Å². The number of rotatable bonds is 9. The Kier molecular flexibility index (Phi) is 6.84. The van der Waals surface area contributed by atoms with E-state index in [4.69, 9.17) is 9.63 Å². The number of carboxylic acids is 1. The van der Waals surface area contributed by atoms with Gasteiger partial charge in [-0.05, 0) is 23.1 Å². The SMILES string of the molecule is Cn1cc(-c2cc(C(=O)N[C@H](Cc3ccc(-c4ccccc4)cc3)C[C@@H](O)C(=O)O)on2)cn1. The molecule has 0 saturated carbocycles. The molecule has 34 heavy (non-hydrogen) atoms. The summed E-state index contributed by atoms with van der Waals surface area (Å²) in [5.41, 5.74) is 4.16. The first-order chi connectivity index (χ1) is 16.4. The van der Waals surface area contributed by atoms with Crippen molar-refractivity contribution in [3.8, 4) is 22.4 Å². The third-order valence-electron chi connectivity index (χ3n) is 5.41. The predicted molar refractivity (Wildman–Crippen MR) is 124 cm³/mol. The zero-order chi connectivity index (χ0) is 24.1. The van der Waals surface area contributed by atoms with Crippen molar-refractivity contribution in [3.05, 3.63) is 84.4 Å². The molecule has 0 aliphatic rings. The van der Waals surface area contributed by atoms with Crippen LogP contribution in [0.4, 0.5) is 0 Å². The lowest BCUT2D eigenvalue weighted by molar-refractivity contribution is -0.147. The molecule has 9 heteroatoms. The Morgan fingerprint density at radius 2 is 1.76 bits per heavy atom. The Hall–Kier alpha value is -4.24. The van der Waals surface area contributed by atoms with Gasteiger partial charge in [0.15, 0.2) is 6.10 Å². The Morgan fingerprint density at radius 3 is 2.41 bits per heavy atom. The third-order valence-corrected chi connectivity index (χ3v) is 5.41. The molecule has 4 rings (SSSR count). The van der Waals surface area contributed by atoms with E-state index in [1.54, 1.807) is 24.1 Å². The number of benzene rings is 2. The molecule has 0 bridgehead atoms. The van der Waals surface area contributed by atoms with Crippen molar-refractivity contribution < 1.29 is 24.3 Å². The van der Waals surface area contributed by atoms with Crippen LogP contribution in [0.15, 0.2) is 77.6 Å². The maximum atomic E-state index is 12.8. The number of carbonyl (C=O) groups excluding carboxylic acids is 1. The molecule has 2 aromatic heterocycles. The van der Waals surface area contributed by atoms with E-state index < -0.39 is 24.0 Å². The minimum Gasteiger partial charge on any atom is -0.479 e. The second-order valence-corrected chi connectivity index (χ2v) is 8.01. The monoisotopic (exact) mass is 460 g/mol. The van der Waals surface area contributed by atoms with Crippen molar-refractivity contribution in [2.75, 3.05) is 0 Å². The zero-order valence-electron chi connectivity index (χ0n) is 18.5. The van der Waals surface area contributed by atoms with Crippen LogP contribution < -0.4 is 5.32 Å². The van der Waals surface area contributed by atoms with Crippen molar-refractivity contribution in [1.29, 1.82) is 0 Å². The van der Waals surface area contributed by atoms with Crippen LogP contribution in [0.25, 0.3) is 22.4 Å². The maximum Gasteiger partial charge on any atom is 0.332 e. The van der Waals surface area contributed by atoms with Crippen LogP contribution in [-0.4, -0.2) is 49.2 Å². The molecule has 2 aromatic carbocycles. The molecule has 0 aliphatic heterocycles. The first kappa shape index (κ1) is 22.9. The summed E-state index contributed by atoms with van der Waals surface area (Å²) >= 11 is 0. The van der Waals surface area contributed by atoms with Gasteiger partial charge in [-0.2, -0.15) is 5.10 Å². The molecule has 0 fully saturated rings. The second-order valence-electron chi connectivity index (χ2n) is 8.01. The molecule has 2 heterocycles. The van der Waals surface area contributed by atoms with Crippen molar-refractivity contribution in [1.82, 2.24) is 20.3 Å². The molecule has 0 unspecified atom stereocenters. The van der Waals surface area contributed by atoms with E-state index in [0.717, 1.165) is 16.7 Å². The van der Waals surface area contributed by atoms with E-state index in [1.165, 1.54) is 6.07 Å². The highest BCUT2D eigenvalue weighted by Gasteiger charge is 2.24. The average Bonchev–Trinajstić information content (AvgIpc) is 3.49. The molecular weight excluding hydrogens is 436 g/mol. The Labute approximate surface area is 195 Å². The van der Waals surface area contributed by atoms with Crippen molar-refractivity contribution >= 4 is 11.9 Å². The van der Waals surface area contributed by atoms with Gasteiger partial charge in [-0.3, -0.25) is 9.48 Å². The molecule has 174 valence electrons. The smallest absolute Gasteiger partial charge is 0.332 e. The number of amides is 1. The Balaban J connectivity index is 1.48. The lowest BCUT2D eigenvalue weighted by Gasteiger charge is -2.20. The molecule has 4 aromatic rings. The van der Waals surface area contributed by atoms with Crippen LogP contribution >= 0.6 is 0 Å². The largest absolute Gasteiger partial charge is 0.479 e. The fourth-order valence-electron chi connectivity index (χ4n) is 3.64. The summed E-state index contributed by atoms with van der Waals surface area (Å²) in [4.78, 5) is 24.0. The number of aromatic nitrogens is 3. The molecule has 0 saturated heterocycles. The lowest BCUT2D eigenvalue weighted by Crippen LogP contribution is -2.40. The number of carboxylic acid groups (broad SMARTS) is 1. The van der Waals surface area contributed by atoms with Crippen LogP contribution in [0.2, 0.25) is 0 Å². The van der Waals surface area contributed by atoms with Crippen LogP contribution in [0, 0.1) is 0 Å². The van der Waals surface area contributed by atoms with Gasteiger partial charge >= 0.3 is 5.97 Å². The highest BCUT2D eigenvalue weighted by molar-refractivity contribution is 5.92. The van der Waals surface area contributed by atoms with Crippen molar-refractivity contribution in [2.45, 2.75) is 25.0 Å². The maximum absolute atomic E-state index is 12.8. The summed E-state index contributed by atoms with van der Waals surface area (Å²) < 4.78 is 6.79. The zero-order valence-corrected chi connectivity index (χ0v) is 18.5. The number of aliphatic hydroxyl groups is 1. The van der Waals surface area contributed by atoms with E-state index in [-0.39, 0.29) is 12.2 Å². The normalized spacial score (nSPS) is 12.8. The molecule has 1 amide bonds. The highest BCUT2D eigenvalue weighted by Crippen LogP contribution is 2.21. The highest BCUT2D eigenvalue weighted by atomic mass is 16.5.